The minimum atomic E-state index is -1.04. The van der Waals surface area contributed by atoms with Crippen LogP contribution < -0.4 is 4.90 Å². The molecule has 1 saturated heterocycles. The molecular weight excluding hydrogens is 201 g/mol. The summed E-state index contributed by atoms with van der Waals surface area (Å²) in [5.41, 5.74) is 0.417. The van der Waals surface area contributed by atoms with Gasteiger partial charge in [-0.25, -0.2) is 9.18 Å². The zero-order valence-electron chi connectivity index (χ0n) is 7.68. The number of nitrogens with zero attached hydrogens (tertiary/aromatic N) is 1. The molecule has 1 fully saturated rings. The van der Waals surface area contributed by atoms with Crippen molar-refractivity contribution in [1.29, 1.82) is 0 Å². The summed E-state index contributed by atoms with van der Waals surface area (Å²) in [6.07, 6.45) is 0.00666. The lowest BCUT2D eigenvalue weighted by atomic mass is 10.0. The summed E-state index contributed by atoms with van der Waals surface area (Å²) >= 11 is 0. The molecule has 0 bridgehead atoms. The Balaban J connectivity index is 2.26. The standard InChI is InChI=1S/C10H8FNO3/c11-6-1-3-7(4-2-6)12-8(10(14)15)5-9(12)13/h1-4,8H,5H2,(H,14,15). The number of halogens is 1. The van der Waals surface area contributed by atoms with Gasteiger partial charge in [-0.15, -0.1) is 0 Å². The maximum Gasteiger partial charge on any atom is 0.327 e. The second-order valence-corrected chi connectivity index (χ2v) is 3.30. The highest BCUT2D eigenvalue weighted by molar-refractivity contribution is 6.08. The van der Waals surface area contributed by atoms with Crippen molar-refractivity contribution in [2.75, 3.05) is 4.90 Å². The third-order valence-corrected chi connectivity index (χ3v) is 2.34. The molecule has 5 heteroatoms. The molecule has 1 aliphatic rings. The van der Waals surface area contributed by atoms with Crippen LogP contribution in [0.3, 0.4) is 0 Å². The van der Waals surface area contributed by atoms with Gasteiger partial charge in [0.1, 0.15) is 11.9 Å². The van der Waals surface area contributed by atoms with E-state index in [1.54, 1.807) is 0 Å². The van der Waals surface area contributed by atoms with Gasteiger partial charge in [0.2, 0.25) is 5.91 Å². The maximum atomic E-state index is 12.6. The van der Waals surface area contributed by atoms with Crippen LogP contribution in [0.1, 0.15) is 6.42 Å². The van der Waals surface area contributed by atoms with Gasteiger partial charge in [0, 0.05) is 5.69 Å². The molecule has 1 aromatic rings. The first-order valence-electron chi connectivity index (χ1n) is 4.40. The van der Waals surface area contributed by atoms with Gasteiger partial charge in [-0.05, 0) is 24.3 Å². The molecule has 1 unspecified atom stereocenters. The van der Waals surface area contributed by atoms with Crippen LogP contribution in [0.5, 0.6) is 0 Å². The predicted molar refractivity (Wildman–Crippen MR) is 49.9 cm³/mol. The minimum Gasteiger partial charge on any atom is -0.480 e. The van der Waals surface area contributed by atoms with Crippen molar-refractivity contribution in [3.05, 3.63) is 30.1 Å². The molecule has 1 aromatic carbocycles. The van der Waals surface area contributed by atoms with E-state index in [0.29, 0.717) is 5.69 Å². The molecule has 0 aliphatic carbocycles. The molecule has 0 radical (unpaired) electrons. The normalized spacial score (nSPS) is 19.9. The molecule has 0 spiro atoms. The fourth-order valence-electron chi connectivity index (χ4n) is 1.54. The van der Waals surface area contributed by atoms with Crippen LogP contribution in [-0.4, -0.2) is 23.0 Å². The molecular formula is C10H8FNO3. The summed E-state index contributed by atoms with van der Waals surface area (Å²) < 4.78 is 12.6. The highest BCUT2D eigenvalue weighted by Crippen LogP contribution is 2.27. The second-order valence-electron chi connectivity index (χ2n) is 3.30. The molecule has 15 heavy (non-hydrogen) atoms. The lowest BCUT2D eigenvalue weighted by Crippen LogP contribution is -2.57. The van der Waals surface area contributed by atoms with Crippen LogP contribution in [-0.2, 0) is 9.59 Å². The van der Waals surface area contributed by atoms with Crippen molar-refractivity contribution < 1.29 is 19.1 Å². The topological polar surface area (TPSA) is 57.6 Å². The van der Waals surface area contributed by atoms with Crippen LogP contribution in [0.25, 0.3) is 0 Å². The van der Waals surface area contributed by atoms with Crippen molar-refractivity contribution in [2.45, 2.75) is 12.5 Å². The van der Waals surface area contributed by atoms with E-state index in [1.165, 1.54) is 24.3 Å². The molecule has 78 valence electrons. The van der Waals surface area contributed by atoms with Gasteiger partial charge in [0.25, 0.3) is 0 Å². The lowest BCUT2D eigenvalue weighted by Gasteiger charge is -2.37. The number of amides is 1. The summed E-state index contributed by atoms with van der Waals surface area (Å²) in [6, 6.07) is 4.35. The first kappa shape index (κ1) is 9.64. The van der Waals surface area contributed by atoms with E-state index in [2.05, 4.69) is 0 Å². The minimum absolute atomic E-state index is 0.00666. The Hall–Kier alpha value is -1.91. The van der Waals surface area contributed by atoms with Gasteiger partial charge < -0.3 is 5.11 Å². The molecule has 0 aromatic heterocycles. The van der Waals surface area contributed by atoms with Crippen molar-refractivity contribution in [1.82, 2.24) is 0 Å². The first-order chi connectivity index (χ1) is 7.09. The fraction of sp³-hybridized carbons (Fsp3) is 0.200. The van der Waals surface area contributed by atoms with E-state index in [0.717, 1.165) is 4.90 Å². The number of carboxylic acid groups (broad SMARTS) is 1. The highest BCUT2D eigenvalue weighted by atomic mass is 19.1. The smallest absolute Gasteiger partial charge is 0.327 e. The van der Waals surface area contributed by atoms with E-state index in [4.69, 9.17) is 5.11 Å². The van der Waals surface area contributed by atoms with Crippen molar-refractivity contribution in [3.63, 3.8) is 0 Å². The Labute approximate surface area is 84.9 Å². The Bertz CT molecular complexity index is 415. The van der Waals surface area contributed by atoms with Gasteiger partial charge in [-0.2, -0.15) is 0 Å². The third kappa shape index (κ3) is 1.56. The van der Waals surface area contributed by atoms with Gasteiger partial charge in [0.15, 0.2) is 0 Å². The molecule has 2 rings (SSSR count). The van der Waals surface area contributed by atoms with Crippen molar-refractivity contribution in [2.24, 2.45) is 0 Å². The van der Waals surface area contributed by atoms with Gasteiger partial charge in [0.05, 0.1) is 6.42 Å². The number of carbonyl (C=O) groups excluding carboxylic acids is 1. The molecule has 4 nitrogen and oxygen atoms in total. The summed E-state index contributed by atoms with van der Waals surface area (Å²) in [7, 11) is 0. The van der Waals surface area contributed by atoms with Crippen molar-refractivity contribution >= 4 is 17.6 Å². The van der Waals surface area contributed by atoms with E-state index < -0.39 is 17.8 Å². The SMILES string of the molecule is O=C(O)C1CC(=O)N1c1ccc(F)cc1. The number of hydrogen-bond acceptors (Lipinski definition) is 2. The molecule has 1 aliphatic heterocycles. The summed E-state index contributed by atoms with van der Waals surface area (Å²) in [5, 5.41) is 8.77. The summed E-state index contributed by atoms with van der Waals surface area (Å²) in [4.78, 5) is 23.1. The zero-order valence-corrected chi connectivity index (χ0v) is 7.68. The average molecular weight is 209 g/mol. The predicted octanol–water partition coefficient (Wildman–Crippen LogP) is 1.02. The first-order valence-corrected chi connectivity index (χ1v) is 4.40. The molecule has 1 heterocycles. The Morgan fingerprint density at radius 2 is 2.00 bits per heavy atom. The number of carbonyl (C=O) groups is 2. The largest absolute Gasteiger partial charge is 0.480 e. The maximum absolute atomic E-state index is 12.6. The van der Waals surface area contributed by atoms with Crippen LogP contribution in [0, 0.1) is 5.82 Å². The summed E-state index contributed by atoms with van der Waals surface area (Å²) in [5.74, 6) is -1.72. The van der Waals surface area contributed by atoms with Gasteiger partial charge in [-0.1, -0.05) is 0 Å². The van der Waals surface area contributed by atoms with Crippen LogP contribution in [0.15, 0.2) is 24.3 Å². The molecule has 0 saturated carbocycles. The number of anilines is 1. The van der Waals surface area contributed by atoms with E-state index in [-0.39, 0.29) is 12.3 Å². The van der Waals surface area contributed by atoms with Gasteiger partial charge in [-0.3, -0.25) is 9.69 Å². The number of carboxylic acids is 1. The second kappa shape index (κ2) is 3.34. The molecule has 1 atom stereocenters. The lowest BCUT2D eigenvalue weighted by molar-refractivity contribution is -0.145. The fourth-order valence-corrected chi connectivity index (χ4v) is 1.54. The van der Waals surface area contributed by atoms with Crippen LogP contribution >= 0.6 is 0 Å². The Morgan fingerprint density at radius 3 is 2.47 bits per heavy atom. The number of β-lactam (4-membered cyclic amide) rings is 1. The number of benzene rings is 1. The number of aliphatic carboxylic acids is 1. The summed E-state index contributed by atoms with van der Waals surface area (Å²) in [6.45, 7) is 0. The highest BCUT2D eigenvalue weighted by Gasteiger charge is 2.42. The average Bonchev–Trinajstić information content (AvgIpc) is 2.17. The van der Waals surface area contributed by atoms with E-state index in [9.17, 15) is 14.0 Å². The third-order valence-electron chi connectivity index (χ3n) is 2.34. The molecule has 1 N–H and O–H groups in total. The Kier molecular flexibility index (Phi) is 2.15. The van der Waals surface area contributed by atoms with E-state index in [1.807, 2.05) is 0 Å². The van der Waals surface area contributed by atoms with Crippen LogP contribution in [0.2, 0.25) is 0 Å². The van der Waals surface area contributed by atoms with E-state index >= 15 is 0 Å². The van der Waals surface area contributed by atoms with Crippen LogP contribution in [0.4, 0.5) is 10.1 Å². The number of hydrogen-bond donors (Lipinski definition) is 1. The monoisotopic (exact) mass is 209 g/mol. The van der Waals surface area contributed by atoms with Gasteiger partial charge >= 0.3 is 5.97 Å². The zero-order chi connectivity index (χ0) is 11.0. The quantitative estimate of drug-likeness (QED) is 0.739. The molecule has 1 amide bonds. The number of rotatable bonds is 2. The Morgan fingerprint density at radius 1 is 1.40 bits per heavy atom. The van der Waals surface area contributed by atoms with Crippen molar-refractivity contribution in [3.8, 4) is 0 Å².